The average Bonchev–Trinajstić information content (AvgIpc) is 3.49. The Kier molecular flexibility index (Phi) is 5.87. The molecular formula is C23H22ClN5O4. The molecule has 1 aromatic carbocycles. The molecule has 2 N–H and O–H groups in total. The van der Waals surface area contributed by atoms with Crippen molar-refractivity contribution < 1.29 is 19.1 Å². The van der Waals surface area contributed by atoms with Gasteiger partial charge in [-0.2, -0.15) is 5.10 Å². The lowest BCUT2D eigenvalue weighted by Gasteiger charge is -2.32. The first-order chi connectivity index (χ1) is 16.1. The number of ether oxygens (including phenoxy) is 2. The number of carbonyl (C=O) groups excluding carboxylic acids is 2. The van der Waals surface area contributed by atoms with Crippen LogP contribution in [0.4, 0.5) is 4.79 Å². The number of aromatic amines is 1. The number of carbonyl (C=O) groups is 2. The molecule has 2 fully saturated rings. The Morgan fingerprint density at radius 3 is 2.94 bits per heavy atom. The fourth-order valence-corrected chi connectivity index (χ4v) is 4.21. The fourth-order valence-electron chi connectivity index (χ4n) is 4.09. The van der Waals surface area contributed by atoms with Crippen LogP contribution < -0.4 is 10.1 Å². The summed E-state index contributed by atoms with van der Waals surface area (Å²) in [5.41, 5.74) is 2.53. The monoisotopic (exact) mass is 467 g/mol. The standard InChI is InChI=1S/C23H22ClN5O4/c24-15-3-1-14(2-4-15)11-26-22(30)20-10-21(18(12-25-20)19-5-7-27-28-19)33-17-6-8-29-16(9-17)13-32-23(29)31/h1-5,7,10,12,16-17H,6,8-9,11,13H2,(H,26,30)(H,27,28)/t16-,17-/m0/s1. The number of hydrogen-bond acceptors (Lipinski definition) is 6. The van der Waals surface area contributed by atoms with Crippen LogP contribution in [0.15, 0.2) is 48.8 Å². The van der Waals surface area contributed by atoms with E-state index in [0.717, 1.165) is 5.56 Å². The molecule has 9 nitrogen and oxygen atoms in total. The molecule has 2 aliphatic heterocycles. The summed E-state index contributed by atoms with van der Waals surface area (Å²) in [6.45, 7) is 1.30. The Balaban J connectivity index is 1.33. The summed E-state index contributed by atoms with van der Waals surface area (Å²) in [7, 11) is 0. The number of rotatable bonds is 6. The number of H-pyrrole nitrogens is 1. The zero-order chi connectivity index (χ0) is 22.8. The zero-order valence-electron chi connectivity index (χ0n) is 17.7. The first-order valence-electron chi connectivity index (χ1n) is 10.7. The summed E-state index contributed by atoms with van der Waals surface area (Å²) in [5.74, 6) is 0.213. The maximum absolute atomic E-state index is 12.8. The molecule has 0 bridgehead atoms. The van der Waals surface area contributed by atoms with E-state index < -0.39 is 0 Å². The van der Waals surface area contributed by atoms with E-state index in [1.54, 1.807) is 35.5 Å². The van der Waals surface area contributed by atoms with Crippen molar-refractivity contribution in [2.45, 2.75) is 31.5 Å². The van der Waals surface area contributed by atoms with Gasteiger partial charge in [-0.1, -0.05) is 23.7 Å². The van der Waals surface area contributed by atoms with Gasteiger partial charge in [0.25, 0.3) is 5.91 Å². The van der Waals surface area contributed by atoms with Gasteiger partial charge in [-0.05, 0) is 23.8 Å². The van der Waals surface area contributed by atoms with Gasteiger partial charge >= 0.3 is 6.09 Å². The van der Waals surface area contributed by atoms with Crippen LogP contribution in [-0.4, -0.2) is 57.4 Å². The SMILES string of the molecule is O=C(NCc1ccc(Cl)cc1)c1cc(O[C@H]2CCN3C(=O)OC[C@@H]3C2)c(-c2cc[nH]n2)cn1. The van der Waals surface area contributed by atoms with Gasteiger partial charge in [0.2, 0.25) is 0 Å². The number of benzene rings is 1. The van der Waals surface area contributed by atoms with Crippen molar-refractivity contribution in [3.8, 4) is 17.0 Å². The Morgan fingerprint density at radius 2 is 2.15 bits per heavy atom. The van der Waals surface area contributed by atoms with Crippen LogP contribution in [0.2, 0.25) is 5.02 Å². The molecular weight excluding hydrogens is 446 g/mol. The number of pyridine rings is 1. The third kappa shape index (κ3) is 4.63. The van der Waals surface area contributed by atoms with Crippen LogP contribution in [0.3, 0.4) is 0 Å². The Bertz CT molecular complexity index is 1150. The van der Waals surface area contributed by atoms with E-state index in [-0.39, 0.29) is 29.8 Å². The first kappa shape index (κ1) is 21.3. The van der Waals surface area contributed by atoms with Crippen molar-refractivity contribution in [3.05, 3.63) is 65.1 Å². The van der Waals surface area contributed by atoms with E-state index in [2.05, 4.69) is 20.5 Å². The summed E-state index contributed by atoms with van der Waals surface area (Å²) < 4.78 is 11.5. The van der Waals surface area contributed by atoms with Crippen LogP contribution in [0.25, 0.3) is 11.3 Å². The number of hydrogen-bond donors (Lipinski definition) is 2. The van der Waals surface area contributed by atoms with Gasteiger partial charge in [-0.25, -0.2) is 4.79 Å². The van der Waals surface area contributed by atoms with Crippen LogP contribution >= 0.6 is 11.6 Å². The van der Waals surface area contributed by atoms with Gasteiger partial charge in [0.05, 0.1) is 17.3 Å². The molecule has 10 heteroatoms. The maximum atomic E-state index is 12.8. The molecule has 0 spiro atoms. The van der Waals surface area contributed by atoms with Gasteiger partial charge in [0.1, 0.15) is 24.2 Å². The molecule has 2 amide bonds. The lowest BCUT2D eigenvalue weighted by molar-refractivity contribution is 0.0915. The number of amides is 2. The highest BCUT2D eigenvalue weighted by atomic mass is 35.5. The third-order valence-electron chi connectivity index (χ3n) is 5.84. The van der Waals surface area contributed by atoms with E-state index in [1.165, 1.54) is 0 Å². The van der Waals surface area contributed by atoms with Crippen molar-refractivity contribution in [2.24, 2.45) is 0 Å². The first-order valence-corrected chi connectivity index (χ1v) is 11.1. The van der Waals surface area contributed by atoms with Crippen molar-refractivity contribution in [1.29, 1.82) is 0 Å². The summed E-state index contributed by atoms with van der Waals surface area (Å²) in [6.07, 6.45) is 4.26. The lowest BCUT2D eigenvalue weighted by atomic mass is 10.0. The quantitative estimate of drug-likeness (QED) is 0.575. The number of aromatic nitrogens is 3. The summed E-state index contributed by atoms with van der Waals surface area (Å²) in [5, 5.41) is 10.5. The van der Waals surface area contributed by atoms with E-state index in [0.29, 0.717) is 54.6 Å². The van der Waals surface area contributed by atoms with Crippen LogP contribution in [0.1, 0.15) is 28.9 Å². The maximum Gasteiger partial charge on any atom is 0.410 e. The third-order valence-corrected chi connectivity index (χ3v) is 6.09. The van der Waals surface area contributed by atoms with Crippen LogP contribution in [0.5, 0.6) is 5.75 Å². The van der Waals surface area contributed by atoms with Crippen molar-refractivity contribution in [3.63, 3.8) is 0 Å². The number of piperidine rings is 1. The van der Waals surface area contributed by atoms with E-state index in [9.17, 15) is 9.59 Å². The van der Waals surface area contributed by atoms with Gasteiger partial charge < -0.3 is 19.7 Å². The molecule has 0 radical (unpaired) electrons. The summed E-state index contributed by atoms with van der Waals surface area (Å²) >= 11 is 5.92. The minimum atomic E-state index is -0.312. The largest absolute Gasteiger partial charge is 0.489 e. The summed E-state index contributed by atoms with van der Waals surface area (Å²) in [4.78, 5) is 30.6. The van der Waals surface area contributed by atoms with Gasteiger partial charge in [0, 0.05) is 49.4 Å². The molecule has 2 atom stereocenters. The van der Waals surface area contributed by atoms with Crippen LogP contribution in [0, 0.1) is 0 Å². The molecule has 0 unspecified atom stereocenters. The van der Waals surface area contributed by atoms with Crippen molar-refractivity contribution >= 4 is 23.6 Å². The van der Waals surface area contributed by atoms with E-state index in [1.807, 2.05) is 18.2 Å². The molecule has 170 valence electrons. The molecule has 4 heterocycles. The Hall–Kier alpha value is -3.59. The topological polar surface area (TPSA) is 109 Å². The highest BCUT2D eigenvalue weighted by Gasteiger charge is 2.39. The van der Waals surface area contributed by atoms with Gasteiger partial charge in [0.15, 0.2) is 0 Å². The second-order valence-corrected chi connectivity index (χ2v) is 8.46. The van der Waals surface area contributed by atoms with Crippen molar-refractivity contribution in [2.75, 3.05) is 13.2 Å². The number of fused-ring (bicyclic) bond motifs is 1. The zero-order valence-corrected chi connectivity index (χ0v) is 18.4. The van der Waals surface area contributed by atoms with Gasteiger partial charge in [-0.3, -0.25) is 14.9 Å². The van der Waals surface area contributed by atoms with Crippen LogP contribution in [-0.2, 0) is 11.3 Å². The second kappa shape index (κ2) is 9.11. The molecule has 5 rings (SSSR count). The molecule has 3 aromatic rings. The lowest BCUT2D eigenvalue weighted by Crippen LogP contribution is -2.44. The minimum absolute atomic E-state index is 0.00839. The molecule has 0 saturated carbocycles. The average molecular weight is 468 g/mol. The van der Waals surface area contributed by atoms with E-state index in [4.69, 9.17) is 21.1 Å². The predicted octanol–water partition coefficient (Wildman–Crippen LogP) is 3.42. The smallest absolute Gasteiger partial charge is 0.410 e. The number of nitrogens with one attached hydrogen (secondary N) is 2. The molecule has 2 aromatic heterocycles. The fraction of sp³-hybridized carbons (Fsp3) is 0.304. The predicted molar refractivity (Wildman–Crippen MR) is 120 cm³/mol. The van der Waals surface area contributed by atoms with Gasteiger partial charge in [-0.15, -0.1) is 0 Å². The molecule has 33 heavy (non-hydrogen) atoms. The highest BCUT2D eigenvalue weighted by Crippen LogP contribution is 2.33. The Morgan fingerprint density at radius 1 is 1.30 bits per heavy atom. The second-order valence-electron chi connectivity index (χ2n) is 8.02. The number of halogens is 1. The summed E-state index contributed by atoms with van der Waals surface area (Å²) in [6, 6.07) is 10.7. The van der Waals surface area contributed by atoms with Crippen molar-refractivity contribution in [1.82, 2.24) is 25.4 Å². The Labute approximate surface area is 195 Å². The molecule has 0 aliphatic carbocycles. The minimum Gasteiger partial charge on any atom is -0.489 e. The normalized spacial score (nSPS) is 19.7. The number of nitrogens with zero attached hydrogens (tertiary/aromatic N) is 3. The number of cyclic esters (lactones) is 1. The highest BCUT2D eigenvalue weighted by molar-refractivity contribution is 6.30. The molecule has 2 aliphatic rings. The van der Waals surface area contributed by atoms with E-state index >= 15 is 0 Å². The molecule has 2 saturated heterocycles.